The summed E-state index contributed by atoms with van der Waals surface area (Å²) in [6, 6.07) is 1.94. The van der Waals surface area contributed by atoms with Gasteiger partial charge >= 0.3 is 0 Å². The minimum atomic E-state index is 0.464. The average molecular weight is 206 g/mol. The molecule has 2 aromatic rings. The van der Waals surface area contributed by atoms with Crippen molar-refractivity contribution in [3.05, 3.63) is 23.2 Å². The van der Waals surface area contributed by atoms with Crippen LogP contribution in [0.5, 0.6) is 0 Å². The third-order valence-corrected chi connectivity index (χ3v) is 2.46. The van der Waals surface area contributed by atoms with Crippen LogP contribution in [0.4, 0.5) is 5.82 Å². The Bertz CT molecular complexity index is 483. The molecule has 4 nitrogen and oxygen atoms in total. The van der Waals surface area contributed by atoms with Crippen molar-refractivity contribution in [3.63, 3.8) is 0 Å². The highest BCUT2D eigenvalue weighted by molar-refractivity contribution is 5.67. The first-order chi connectivity index (χ1) is 7.13. The SMILES string of the molecule is CCc1c(N)noc1-c1cc(C)oc1C. The van der Waals surface area contributed by atoms with Gasteiger partial charge < -0.3 is 14.7 Å². The van der Waals surface area contributed by atoms with Gasteiger partial charge in [-0.1, -0.05) is 12.1 Å². The highest BCUT2D eigenvalue weighted by Crippen LogP contribution is 2.32. The van der Waals surface area contributed by atoms with Crippen molar-refractivity contribution in [1.29, 1.82) is 0 Å². The molecular weight excluding hydrogens is 192 g/mol. The summed E-state index contributed by atoms with van der Waals surface area (Å²) in [5.41, 5.74) is 7.59. The fraction of sp³-hybridized carbons (Fsp3) is 0.364. The van der Waals surface area contributed by atoms with Crippen LogP contribution in [0, 0.1) is 13.8 Å². The Morgan fingerprint density at radius 1 is 1.40 bits per heavy atom. The Labute approximate surface area is 88.0 Å². The maximum Gasteiger partial charge on any atom is 0.175 e. The lowest BCUT2D eigenvalue weighted by Gasteiger charge is -1.96. The molecule has 2 heterocycles. The van der Waals surface area contributed by atoms with Gasteiger partial charge in [0.15, 0.2) is 11.6 Å². The second-order valence-corrected chi connectivity index (χ2v) is 3.56. The number of hydrogen-bond donors (Lipinski definition) is 1. The van der Waals surface area contributed by atoms with Gasteiger partial charge in [-0.05, 0) is 26.3 Å². The first-order valence-corrected chi connectivity index (χ1v) is 4.95. The minimum Gasteiger partial charge on any atom is -0.466 e. The molecule has 80 valence electrons. The van der Waals surface area contributed by atoms with Gasteiger partial charge in [0.1, 0.15) is 11.5 Å². The number of nitrogens with two attached hydrogens (primary N) is 1. The van der Waals surface area contributed by atoms with Gasteiger partial charge in [-0.25, -0.2) is 0 Å². The Morgan fingerprint density at radius 2 is 2.13 bits per heavy atom. The van der Waals surface area contributed by atoms with E-state index in [-0.39, 0.29) is 0 Å². The van der Waals surface area contributed by atoms with E-state index in [4.69, 9.17) is 14.7 Å². The summed E-state index contributed by atoms with van der Waals surface area (Å²) in [6.07, 6.45) is 0.800. The number of aromatic nitrogens is 1. The van der Waals surface area contributed by atoms with Crippen molar-refractivity contribution in [2.75, 3.05) is 5.73 Å². The fourth-order valence-corrected chi connectivity index (χ4v) is 1.73. The smallest absolute Gasteiger partial charge is 0.175 e. The van der Waals surface area contributed by atoms with Crippen LogP contribution in [0.3, 0.4) is 0 Å². The number of rotatable bonds is 2. The molecule has 2 rings (SSSR count). The number of aryl methyl sites for hydroxylation is 2. The molecule has 0 aliphatic carbocycles. The Balaban J connectivity index is 2.58. The zero-order chi connectivity index (χ0) is 11.0. The summed E-state index contributed by atoms with van der Waals surface area (Å²) >= 11 is 0. The molecule has 0 saturated carbocycles. The van der Waals surface area contributed by atoms with E-state index in [1.165, 1.54) is 0 Å². The zero-order valence-corrected chi connectivity index (χ0v) is 9.13. The highest BCUT2D eigenvalue weighted by atomic mass is 16.5. The van der Waals surface area contributed by atoms with Gasteiger partial charge in [-0.15, -0.1) is 0 Å². The third-order valence-electron chi connectivity index (χ3n) is 2.46. The van der Waals surface area contributed by atoms with Crippen LogP contribution in [0.25, 0.3) is 11.3 Å². The number of furan rings is 1. The quantitative estimate of drug-likeness (QED) is 0.820. The molecule has 4 heteroatoms. The molecule has 0 aliphatic rings. The maximum absolute atomic E-state index is 5.71. The Kier molecular flexibility index (Phi) is 2.26. The van der Waals surface area contributed by atoms with Crippen molar-refractivity contribution < 1.29 is 8.94 Å². The molecule has 0 amide bonds. The van der Waals surface area contributed by atoms with Gasteiger partial charge in [0, 0.05) is 5.56 Å². The molecule has 0 bridgehead atoms. The van der Waals surface area contributed by atoms with Gasteiger partial charge in [-0.3, -0.25) is 0 Å². The molecule has 0 saturated heterocycles. The summed E-state index contributed by atoms with van der Waals surface area (Å²) in [7, 11) is 0. The van der Waals surface area contributed by atoms with E-state index in [1.807, 2.05) is 26.8 Å². The molecule has 2 N–H and O–H groups in total. The van der Waals surface area contributed by atoms with E-state index >= 15 is 0 Å². The fourth-order valence-electron chi connectivity index (χ4n) is 1.73. The standard InChI is InChI=1S/C11H14N2O2/c1-4-8-10(15-13-11(8)12)9-5-6(2)14-7(9)3/h5H,4H2,1-3H3,(H2,12,13). The molecule has 0 unspecified atom stereocenters. The molecular formula is C11H14N2O2. The van der Waals surface area contributed by atoms with E-state index < -0.39 is 0 Å². The van der Waals surface area contributed by atoms with Crippen molar-refractivity contribution >= 4 is 5.82 Å². The lowest BCUT2D eigenvalue weighted by atomic mass is 10.1. The van der Waals surface area contributed by atoms with E-state index in [9.17, 15) is 0 Å². The largest absolute Gasteiger partial charge is 0.466 e. The topological polar surface area (TPSA) is 65.2 Å². The first-order valence-electron chi connectivity index (χ1n) is 4.95. The van der Waals surface area contributed by atoms with E-state index in [2.05, 4.69) is 5.16 Å². The van der Waals surface area contributed by atoms with Crippen molar-refractivity contribution in [2.24, 2.45) is 0 Å². The monoisotopic (exact) mass is 206 g/mol. The first kappa shape index (κ1) is 9.83. The number of nitrogen functional groups attached to an aromatic ring is 1. The third kappa shape index (κ3) is 1.52. The molecule has 0 radical (unpaired) electrons. The average Bonchev–Trinajstić information content (AvgIpc) is 2.69. The zero-order valence-electron chi connectivity index (χ0n) is 9.13. The molecule has 0 fully saturated rings. The molecule has 15 heavy (non-hydrogen) atoms. The Morgan fingerprint density at radius 3 is 2.67 bits per heavy atom. The Hall–Kier alpha value is -1.71. The molecule has 0 spiro atoms. The second kappa shape index (κ2) is 3.46. The lowest BCUT2D eigenvalue weighted by molar-refractivity contribution is 0.433. The number of anilines is 1. The number of nitrogens with zero attached hydrogens (tertiary/aromatic N) is 1. The van der Waals surface area contributed by atoms with Gasteiger partial charge in [-0.2, -0.15) is 0 Å². The molecule has 0 atom stereocenters. The summed E-state index contributed by atoms with van der Waals surface area (Å²) in [6.45, 7) is 5.83. The van der Waals surface area contributed by atoms with Gasteiger partial charge in [0.25, 0.3) is 0 Å². The van der Waals surface area contributed by atoms with Crippen LogP contribution in [0.15, 0.2) is 15.0 Å². The molecule has 0 aromatic carbocycles. The molecule has 0 aliphatic heterocycles. The van der Waals surface area contributed by atoms with E-state index in [0.29, 0.717) is 5.82 Å². The van der Waals surface area contributed by atoms with E-state index in [0.717, 1.165) is 34.8 Å². The van der Waals surface area contributed by atoms with Gasteiger partial charge in [0.2, 0.25) is 0 Å². The van der Waals surface area contributed by atoms with Gasteiger partial charge in [0.05, 0.1) is 5.56 Å². The summed E-state index contributed by atoms with van der Waals surface area (Å²) < 4.78 is 10.7. The van der Waals surface area contributed by atoms with Crippen LogP contribution >= 0.6 is 0 Å². The van der Waals surface area contributed by atoms with Crippen molar-refractivity contribution in [1.82, 2.24) is 5.16 Å². The summed E-state index contributed by atoms with van der Waals surface area (Å²) in [4.78, 5) is 0. The normalized spacial score (nSPS) is 10.9. The predicted molar refractivity (Wildman–Crippen MR) is 57.5 cm³/mol. The van der Waals surface area contributed by atoms with Crippen molar-refractivity contribution in [3.8, 4) is 11.3 Å². The van der Waals surface area contributed by atoms with Crippen LogP contribution in [0.1, 0.15) is 24.0 Å². The van der Waals surface area contributed by atoms with Crippen LogP contribution < -0.4 is 5.73 Å². The second-order valence-electron chi connectivity index (χ2n) is 3.56. The van der Waals surface area contributed by atoms with Crippen molar-refractivity contribution in [2.45, 2.75) is 27.2 Å². The molecule has 2 aromatic heterocycles. The van der Waals surface area contributed by atoms with E-state index in [1.54, 1.807) is 0 Å². The number of hydrogen-bond acceptors (Lipinski definition) is 4. The minimum absolute atomic E-state index is 0.464. The summed E-state index contributed by atoms with van der Waals surface area (Å²) in [5.74, 6) is 2.88. The lowest BCUT2D eigenvalue weighted by Crippen LogP contribution is -1.90. The van der Waals surface area contributed by atoms with Crippen LogP contribution in [-0.2, 0) is 6.42 Å². The maximum atomic E-state index is 5.71. The van der Waals surface area contributed by atoms with Crippen LogP contribution in [-0.4, -0.2) is 5.16 Å². The predicted octanol–water partition coefficient (Wildman–Crippen LogP) is 2.70. The highest BCUT2D eigenvalue weighted by Gasteiger charge is 2.18. The van der Waals surface area contributed by atoms with Crippen LogP contribution in [0.2, 0.25) is 0 Å². The summed E-state index contributed by atoms with van der Waals surface area (Å²) in [5, 5.41) is 3.78.